The predicted molar refractivity (Wildman–Crippen MR) is 231 cm³/mol. The largest absolute Gasteiger partial charge is 0.356 e. The van der Waals surface area contributed by atoms with Gasteiger partial charge in [-0.3, -0.25) is 19.8 Å². The summed E-state index contributed by atoms with van der Waals surface area (Å²) in [6.07, 6.45) is 22.5. The second kappa shape index (κ2) is 24.0. The average molecular weight is 797 g/mol. The number of anilines is 2. The number of hydrogen-bond acceptors (Lipinski definition) is 10. The van der Waals surface area contributed by atoms with Crippen LogP contribution in [-0.4, -0.2) is 52.2 Å². The Morgan fingerprint density at radius 1 is 0.732 bits per heavy atom. The van der Waals surface area contributed by atoms with Crippen molar-refractivity contribution in [1.82, 2.24) is 20.6 Å². The third-order valence-electron chi connectivity index (χ3n) is 9.65. The summed E-state index contributed by atoms with van der Waals surface area (Å²) in [6, 6.07) is 16.6. The second-order valence-corrected chi connectivity index (χ2v) is 15.8. The molecule has 2 aromatic carbocycles. The Hall–Kier alpha value is -4.75. The van der Waals surface area contributed by atoms with Crippen molar-refractivity contribution < 1.29 is 14.4 Å². The number of nitrogens with zero attached hydrogens (tertiary/aromatic N) is 5. The maximum atomic E-state index is 13.5. The Kier molecular flexibility index (Phi) is 18.2. The van der Waals surface area contributed by atoms with Gasteiger partial charge in [-0.15, -0.1) is 22.7 Å². The van der Waals surface area contributed by atoms with Gasteiger partial charge in [-0.1, -0.05) is 139 Å². The molecule has 5 rings (SSSR count). The van der Waals surface area contributed by atoms with E-state index in [0.29, 0.717) is 53.2 Å². The molecular formula is C43H56N8O3S2. The highest BCUT2D eigenvalue weighted by Crippen LogP contribution is 2.30. The highest BCUT2D eigenvalue weighted by molar-refractivity contribution is 7.14. The van der Waals surface area contributed by atoms with E-state index in [1.54, 1.807) is 18.3 Å². The molecule has 0 saturated carbocycles. The molecule has 3 amide bonds. The van der Waals surface area contributed by atoms with Crippen molar-refractivity contribution >= 4 is 62.1 Å². The fourth-order valence-electron chi connectivity index (χ4n) is 6.45. The third kappa shape index (κ3) is 13.8. The van der Waals surface area contributed by atoms with Crippen LogP contribution in [0.25, 0.3) is 11.3 Å². The molecule has 0 unspecified atom stereocenters. The van der Waals surface area contributed by atoms with Gasteiger partial charge in [0.1, 0.15) is 5.71 Å². The van der Waals surface area contributed by atoms with Gasteiger partial charge in [0.15, 0.2) is 5.71 Å². The van der Waals surface area contributed by atoms with Crippen LogP contribution < -0.4 is 21.1 Å². The van der Waals surface area contributed by atoms with Crippen molar-refractivity contribution in [3.8, 4) is 11.3 Å². The van der Waals surface area contributed by atoms with Crippen molar-refractivity contribution in [3.05, 3.63) is 82.7 Å². The van der Waals surface area contributed by atoms with Gasteiger partial charge in [0.25, 0.3) is 5.91 Å². The van der Waals surface area contributed by atoms with Crippen LogP contribution in [0.2, 0.25) is 0 Å². The predicted octanol–water partition coefficient (Wildman–Crippen LogP) is 9.98. The van der Waals surface area contributed by atoms with E-state index >= 15 is 0 Å². The number of thiazole rings is 2. The van der Waals surface area contributed by atoms with Crippen LogP contribution in [0, 0.1) is 0 Å². The molecule has 13 heteroatoms. The van der Waals surface area contributed by atoms with Gasteiger partial charge >= 0.3 is 5.91 Å². The van der Waals surface area contributed by atoms with Crippen LogP contribution in [0.5, 0.6) is 0 Å². The SMILES string of the molecule is CCCCCCCCCCCCCCCCCC(=O)NCCCNC(=O)c1ccc(-c2csc(N3N=C(c4ccccc4)/C(=N/Nc4nccs4)C3=O)n2)cc1. The van der Waals surface area contributed by atoms with Gasteiger partial charge in [0, 0.05) is 53.2 Å². The standard InChI is InChI=1S/C43H56N8O3S2/c1-2-3-4-5-6-7-8-9-10-11-12-13-14-15-19-23-37(52)44-28-20-29-45-40(53)35-26-24-33(25-27-35)36-32-56-43(47-36)51-41(54)39(48-49-42-46-30-31-55-42)38(50-51)34-21-17-16-18-22-34/h16-18,21-22,24-27,30-32H,2-15,19-20,23,28-29H2,1H3,(H,44,52)(H,45,53)(H,46,49)/b48-39-. The fourth-order valence-corrected chi connectivity index (χ4v) is 7.70. The van der Waals surface area contributed by atoms with E-state index in [9.17, 15) is 14.4 Å². The summed E-state index contributed by atoms with van der Waals surface area (Å²) in [6.45, 7) is 3.27. The van der Waals surface area contributed by atoms with Crippen LogP contribution in [0.4, 0.5) is 10.3 Å². The van der Waals surface area contributed by atoms with Crippen LogP contribution >= 0.6 is 22.7 Å². The first-order valence-corrected chi connectivity index (χ1v) is 22.1. The van der Waals surface area contributed by atoms with Gasteiger partial charge in [-0.25, -0.2) is 9.97 Å². The lowest BCUT2D eigenvalue weighted by molar-refractivity contribution is -0.121. The summed E-state index contributed by atoms with van der Waals surface area (Å²) in [4.78, 5) is 47.5. The van der Waals surface area contributed by atoms with E-state index in [4.69, 9.17) is 4.98 Å². The first-order valence-electron chi connectivity index (χ1n) is 20.4. The van der Waals surface area contributed by atoms with Gasteiger partial charge in [0.2, 0.25) is 16.2 Å². The third-order valence-corrected chi connectivity index (χ3v) is 11.1. The molecule has 0 atom stereocenters. The molecule has 0 saturated heterocycles. The zero-order valence-electron chi connectivity index (χ0n) is 32.6. The molecule has 3 heterocycles. The van der Waals surface area contributed by atoms with E-state index in [-0.39, 0.29) is 17.5 Å². The van der Waals surface area contributed by atoms with Crippen LogP contribution in [0.3, 0.4) is 0 Å². The first kappa shape index (κ1) is 42.4. The normalized spacial score (nSPS) is 13.3. The monoisotopic (exact) mass is 796 g/mol. The quantitative estimate of drug-likeness (QED) is 0.0427. The summed E-state index contributed by atoms with van der Waals surface area (Å²) in [5, 5.41) is 20.8. The number of carbonyl (C=O) groups is 3. The molecule has 0 bridgehead atoms. The van der Waals surface area contributed by atoms with E-state index in [0.717, 1.165) is 24.0 Å². The van der Waals surface area contributed by atoms with Gasteiger partial charge in [-0.05, 0) is 25.0 Å². The topological polar surface area (TPSA) is 141 Å². The summed E-state index contributed by atoms with van der Waals surface area (Å²) in [5.41, 5.74) is 6.21. The molecule has 298 valence electrons. The van der Waals surface area contributed by atoms with Gasteiger partial charge in [0.05, 0.1) is 5.69 Å². The van der Waals surface area contributed by atoms with Crippen molar-refractivity contribution in [2.45, 2.75) is 116 Å². The number of unbranched alkanes of at least 4 members (excludes halogenated alkanes) is 14. The minimum absolute atomic E-state index is 0.0848. The molecule has 0 aliphatic carbocycles. The van der Waals surface area contributed by atoms with Crippen LogP contribution in [-0.2, 0) is 9.59 Å². The first-order chi connectivity index (χ1) is 27.5. The molecule has 4 aromatic rings. The molecule has 2 aromatic heterocycles. The highest BCUT2D eigenvalue weighted by atomic mass is 32.1. The summed E-state index contributed by atoms with van der Waals surface area (Å²) in [7, 11) is 0. The molecule has 0 radical (unpaired) electrons. The number of benzene rings is 2. The lowest BCUT2D eigenvalue weighted by Crippen LogP contribution is -2.29. The average Bonchev–Trinajstić information content (AvgIpc) is 4.00. The maximum Gasteiger partial charge on any atom is 0.303 e. The Labute approximate surface area is 339 Å². The lowest BCUT2D eigenvalue weighted by atomic mass is 10.0. The lowest BCUT2D eigenvalue weighted by Gasteiger charge is -2.08. The number of hydrazone groups is 2. The molecule has 3 N–H and O–H groups in total. The zero-order valence-corrected chi connectivity index (χ0v) is 34.3. The molecule has 56 heavy (non-hydrogen) atoms. The fraction of sp³-hybridized carbons (Fsp3) is 0.465. The number of nitrogens with one attached hydrogen (secondary N) is 3. The Morgan fingerprint density at radius 3 is 2.02 bits per heavy atom. The Morgan fingerprint density at radius 2 is 1.38 bits per heavy atom. The number of aromatic nitrogens is 2. The van der Waals surface area contributed by atoms with Gasteiger partial charge < -0.3 is 10.6 Å². The number of amides is 3. The Balaban J connectivity index is 0.956. The van der Waals surface area contributed by atoms with E-state index in [1.807, 2.05) is 53.2 Å². The molecule has 0 fully saturated rings. The van der Waals surface area contributed by atoms with Crippen molar-refractivity contribution in [1.29, 1.82) is 0 Å². The molecule has 11 nitrogen and oxygen atoms in total. The summed E-state index contributed by atoms with van der Waals surface area (Å²) in [5.74, 6) is -0.495. The van der Waals surface area contributed by atoms with E-state index in [2.05, 4.69) is 38.2 Å². The highest BCUT2D eigenvalue weighted by Gasteiger charge is 2.36. The van der Waals surface area contributed by atoms with Crippen LogP contribution in [0.15, 0.2) is 81.8 Å². The van der Waals surface area contributed by atoms with Crippen molar-refractivity contribution in [2.24, 2.45) is 10.2 Å². The summed E-state index contributed by atoms with van der Waals surface area (Å²) < 4.78 is 0. The second-order valence-electron chi connectivity index (χ2n) is 14.1. The zero-order chi connectivity index (χ0) is 39.2. The number of carbonyl (C=O) groups excluding carboxylic acids is 3. The number of hydrogen-bond donors (Lipinski definition) is 3. The van der Waals surface area contributed by atoms with Gasteiger partial charge in [-0.2, -0.15) is 15.2 Å². The van der Waals surface area contributed by atoms with E-state index in [1.165, 1.54) is 111 Å². The maximum absolute atomic E-state index is 13.5. The van der Waals surface area contributed by atoms with Crippen LogP contribution in [0.1, 0.15) is 132 Å². The molecule has 1 aliphatic heterocycles. The van der Waals surface area contributed by atoms with Crippen molar-refractivity contribution in [3.63, 3.8) is 0 Å². The minimum atomic E-state index is -0.402. The molecular weight excluding hydrogens is 741 g/mol. The Bertz CT molecular complexity index is 1840. The minimum Gasteiger partial charge on any atom is -0.356 e. The molecule has 1 aliphatic rings. The van der Waals surface area contributed by atoms with Crippen molar-refractivity contribution in [2.75, 3.05) is 23.5 Å². The smallest absolute Gasteiger partial charge is 0.303 e. The molecule has 0 spiro atoms. The summed E-state index contributed by atoms with van der Waals surface area (Å²) >= 11 is 2.67. The number of rotatable bonds is 26. The van der Waals surface area contributed by atoms with E-state index < -0.39 is 5.91 Å².